The molecule has 0 N–H and O–H groups in total. The minimum Gasteiger partial charge on any atom is -0.501 e. The Labute approximate surface area is 64.1 Å². The van der Waals surface area contributed by atoms with Crippen molar-refractivity contribution in [3.05, 3.63) is 11.8 Å². The van der Waals surface area contributed by atoms with Crippen LogP contribution in [0.25, 0.3) is 0 Å². The maximum Gasteiger partial charge on any atom is 0.0921 e. The van der Waals surface area contributed by atoms with Gasteiger partial charge < -0.3 is 4.74 Å². The first-order valence-electron chi connectivity index (χ1n) is 3.67. The molecular formula is C9H18O. The number of allylic oxidation sites excluding steroid dienone is 1. The highest BCUT2D eigenvalue weighted by atomic mass is 16.5. The molecule has 0 bridgehead atoms. The summed E-state index contributed by atoms with van der Waals surface area (Å²) in [4.78, 5) is 0. The second kappa shape index (κ2) is 3.65. The fraction of sp³-hybridized carbons (Fsp3) is 0.778. The van der Waals surface area contributed by atoms with Crippen LogP contribution in [0.2, 0.25) is 0 Å². The van der Waals surface area contributed by atoms with Crippen LogP contribution in [0.3, 0.4) is 0 Å². The molecule has 0 aromatic heterocycles. The molecule has 1 heteroatoms. The van der Waals surface area contributed by atoms with Gasteiger partial charge in [-0.1, -0.05) is 20.8 Å². The zero-order valence-electron chi connectivity index (χ0n) is 7.69. The lowest BCUT2D eigenvalue weighted by Gasteiger charge is -2.16. The van der Waals surface area contributed by atoms with Crippen molar-refractivity contribution in [2.45, 2.75) is 34.6 Å². The largest absolute Gasteiger partial charge is 0.501 e. The van der Waals surface area contributed by atoms with Gasteiger partial charge in [-0.15, -0.1) is 0 Å². The molecule has 0 heterocycles. The molecule has 60 valence electrons. The van der Waals surface area contributed by atoms with Gasteiger partial charge >= 0.3 is 0 Å². The highest BCUT2D eigenvalue weighted by Gasteiger charge is 2.08. The van der Waals surface area contributed by atoms with Gasteiger partial charge in [-0.2, -0.15) is 0 Å². The molecule has 0 radical (unpaired) electrons. The molecule has 1 nitrogen and oxygen atoms in total. The third-order valence-corrected chi connectivity index (χ3v) is 0.835. The van der Waals surface area contributed by atoms with Crippen LogP contribution in [-0.4, -0.2) is 6.61 Å². The zero-order valence-corrected chi connectivity index (χ0v) is 7.69. The van der Waals surface area contributed by atoms with Gasteiger partial charge in [-0.3, -0.25) is 0 Å². The van der Waals surface area contributed by atoms with Crippen LogP contribution in [0.15, 0.2) is 11.8 Å². The van der Waals surface area contributed by atoms with E-state index in [-0.39, 0.29) is 5.41 Å². The van der Waals surface area contributed by atoms with Gasteiger partial charge in [-0.25, -0.2) is 0 Å². The fourth-order valence-corrected chi connectivity index (χ4v) is 0.458. The summed E-state index contributed by atoms with van der Waals surface area (Å²) in [5.41, 5.74) is 1.48. The minimum absolute atomic E-state index is 0.270. The van der Waals surface area contributed by atoms with Crippen LogP contribution in [0.4, 0.5) is 0 Å². The number of hydrogen-bond acceptors (Lipinski definition) is 1. The minimum atomic E-state index is 0.270. The van der Waals surface area contributed by atoms with Crippen LogP contribution < -0.4 is 0 Å². The summed E-state index contributed by atoms with van der Waals surface area (Å²) in [6, 6.07) is 0. The lowest BCUT2D eigenvalue weighted by atomic mass is 9.99. The standard InChI is InChI=1S/C9H18O/c1-8(2)6-10-7-9(3,4)5/h6H,7H2,1-5H3. The van der Waals surface area contributed by atoms with Crippen molar-refractivity contribution >= 4 is 0 Å². The SMILES string of the molecule is CC(C)=COCC(C)(C)C. The van der Waals surface area contributed by atoms with Crippen molar-refractivity contribution in [1.82, 2.24) is 0 Å². The van der Waals surface area contributed by atoms with E-state index >= 15 is 0 Å². The summed E-state index contributed by atoms with van der Waals surface area (Å²) in [6.07, 6.45) is 1.81. The fourth-order valence-electron chi connectivity index (χ4n) is 0.458. The topological polar surface area (TPSA) is 9.23 Å². The molecule has 0 rings (SSSR count). The van der Waals surface area contributed by atoms with Crippen molar-refractivity contribution < 1.29 is 4.74 Å². The maximum atomic E-state index is 5.30. The molecular weight excluding hydrogens is 124 g/mol. The van der Waals surface area contributed by atoms with E-state index < -0.39 is 0 Å². The molecule has 0 amide bonds. The van der Waals surface area contributed by atoms with Crippen molar-refractivity contribution in [3.63, 3.8) is 0 Å². The molecule has 10 heavy (non-hydrogen) atoms. The summed E-state index contributed by atoms with van der Waals surface area (Å²) in [7, 11) is 0. The van der Waals surface area contributed by atoms with E-state index in [1.807, 2.05) is 20.1 Å². The van der Waals surface area contributed by atoms with Crippen LogP contribution >= 0.6 is 0 Å². The van der Waals surface area contributed by atoms with E-state index in [9.17, 15) is 0 Å². The Morgan fingerprint density at radius 3 is 2.10 bits per heavy atom. The summed E-state index contributed by atoms with van der Waals surface area (Å²) < 4.78 is 5.30. The van der Waals surface area contributed by atoms with Gasteiger partial charge in [0.15, 0.2) is 0 Å². The van der Waals surface area contributed by atoms with E-state index in [1.165, 1.54) is 5.57 Å². The Bertz CT molecular complexity index is 113. The van der Waals surface area contributed by atoms with E-state index in [1.54, 1.807) is 0 Å². The van der Waals surface area contributed by atoms with Crippen LogP contribution in [0.5, 0.6) is 0 Å². The number of rotatable bonds is 2. The average molecular weight is 142 g/mol. The van der Waals surface area contributed by atoms with E-state index in [4.69, 9.17) is 4.74 Å². The van der Waals surface area contributed by atoms with Crippen LogP contribution in [-0.2, 0) is 4.74 Å². The summed E-state index contributed by atoms with van der Waals surface area (Å²) in [6.45, 7) is 11.3. The maximum absolute atomic E-state index is 5.30. The van der Waals surface area contributed by atoms with E-state index in [2.05, 4.69) is 20.8 Å². The van der Waals surface area contributed by atoms with Crippen LogP contribution in [0, 0.1) is 5.41 Å². The molecule has 0 aromatic rings. The van der Waals surface area contributed by atoms with Gasteiger partial charge in [0.1, 0.15) is 0 Å². The Hall–Kier alpha value is -0.460. The molecule has 0 aromatic carbocycles. The molecule has 0 aliphatic rings. The van der Waals surface area contributed by atoms with Gasteiger partial charge in [0.05, 0.1) is 12.9 Å². The Kier molecular flexibility index (Phi) is 3.48. The van der Waals surface area contributed by atoms with Crippen molar-refractivity contribution in [2.75, 3.05) is 6.61 Å². The smallest absolute Gasteiger partial charge is 0.0921 e. The van der Waals surface area contributed by atoms with E-state index in [0.717, 1.165) is 6.61 Å². The monoisotopic (exact) mass is 142 g/mol. The first-order chi connectivity index (χ1) is 4.42. The highest BCUT2D eigenvalue weighted by Crippen LogP contribution is 2.13. The van der Waals surface area contributed by atoms with Gasteiger partial charge in [0, 0.05) is 0 Å². The van der Waals surface area contributed by atoms with Gasteiger partial charge in [-0.05, 0) is 24.8 Å². The summed E-state index contributed by atoms with van der Waals surface area (Å²) in [5, 5.41) is 0. The Morgan fingerprint density at radius 1 is 1.30 bits per heavy atom. The first-order valence-corrected chi connectivity index (χ1v) is 3.67. The van der Waals surface area contributed by atoms with Gasteiger partial charge in [0.2, 0.25) is 0 Å². The lowest BCUT2D eigenvalue weighted by molar-refractivity contribution is 0.150. The highest BCUT2D eigenvalue weighted by molar-refractivity contribution is 4.86. The third kappa shape index (κ3) is 7.54. The Morgan fingerprint density at radius 2 is 1.80 bits per heavy atom. The zero-order chi connectivity index (χ0) is 8.20. The Balaban J connectivity index is 3.47. The van der Waals surface area contributed by atoms with Gasteiger partial charge in [0.25, 0.3) is 0 Å². The molecule has 0 fully saturated rings. The molecule has 0 unspecified atom stereocenters. The second-order valence-electron chi connectivity index (χ2n) is 4.07. The lowest BCUT2D eigenvalue weighted by Crippen LogP contribution is -2.12. The quantitative estimate of drug-likeness (QED) is 0.538. The third-order valence-electron chi connectivity index (χ3n) is 0.835. The summed E-state index contributed by atoms with van der Waals surface area (Å²) >= 11 is 0. The molecule has 0 saturated heterocycles. The second-order valence-corrected chi connectivity index (χ2v) is 4.07. The summed E-state index contributed by atoms with van der Waals surface area (Å²) in [5.74, 6) is 0. The van der Waals surface area contributed by atoms with E-state index in [0.29, 0.717) is 0 Å². The number of hydrogen-bond donors (Lipinski definition) is 0. The molecule has 0 atom stereocenters. The molecule has 0 spiro atoms. The normalized spacial score (nSPS) is 10.9. The molecule has 0 aliphatic carbocycles. The predicted molar refractivity (Wildman–Crippen MR) is 44.8 cm³/mol. The first kappa shape index (κ1) is 9.54. The molecule has 0 saturated carbocycles. The van der Waals surface area contributed by atoms with Crippen LogP contribution in [0.1, 0.15) is 34.6 Å². The predicted octanol–water partition coefficient (Wildman–Crippen LogP) is 2.97. The van der Waals surface area contributed by atoms with Crippen molar-refractivity contribution in [3.8, 4) is 0 Å². The van der Waals surface area contributed by atoms with Crippen molar-refractivity contribution in [2.24, 2.45) is 5.41 Å². The number of ether oxygens (including phenoxy) is 1. The average Bonchev–Trinajstić information content (AvgIpc) is 1.59. The van der Waals surface area contributed by atoms with Crippen molar-refractivity contribution in [1.29, 1.82) is 0 Å². The molecule has 0 aliphatic heterocycles.